The highest BCUT2D eigenvalue weighted by molar-refractivity contribution is 5.97. The number of rotatable bonds is 5. The van der Waals surface area contributed by atoms with Crippen molar-refractivity contribution in [3.63, 3.8) is 0 Å². The predicted molar refractivity (Wildman–Crippen MR) is 68.9 cm³/mol. The van der Waals surface area contributed by atoms with Crippen molar-refractivity contribution in [3.8, 4) is 0 Å². The molecule has 1 heterocycles. The summed E-state index contributed by atoms with van der Waals surface area (Å²) in [5.74, 6) is -1.62. The van der Waals surface area contributed by atoms with Gasteiger partial charge in [-0.15, -0.1) is 0 Å². The zero-order valence-electron chi connectivity index (χ0n) is 10.1. The van der Waals surface area contributed by atoms with E-state index in [1.807, 2.05) is 24.3 Å². The van der Waals surface area contributed by atoms with Gasteiger partial charge < -0.3 is 20.5 Å². The van der Waals surface area contributed by atoms with Gasteiger partial charge in [0.1, 0.15) is 5.69 Å². The van der Waals surface area contributed by atoms with Gasteiger partial charge >= 0.3 is 5.97 Å². The monoisotopic (exact) mass is 262 g/mol. The average molecular weight is 262 g/mol. The second-order valence-corrected chi connectivity index (χ2v) is 4.17. The van der Waals surface area contributed by atoms with Crippen molar-refractivity contribution in [2.75, 3.05) is 6.54 Å². The summed E-state index contributed by atoms with van der Waals surface area (Å²) in [4.78, 5) is 25.2. The van der Waals surface area contributed by atoms with Gasteiger partial charge in [0.15, 0.2) is 6.10 Å². The highest BCUT2D eigenvalue weighted by Crippen LogP contribution is 2.14. The molecule has 6 nitrogen and oxygen atoms in total. The molecule has 100 valence electrons. The van der Waals surface area contributed by atoms with Crippen LogP contribution in [0.1, 0.15) is 16.9 Å². The summed E-state index contributed by atoms with van der Waals surface area (Å²) in [7, 11) is 0. The Labute approximate surface area is 109 Å². The number of aromatic nitrogens is 1. The fourth-order valence-corrected chi connectivity index (χ4v) is 1.74. The maximum Gasteiger partial charge on any atom is 0.332 e. The molecule has 19 heavy (non-hydrogen) atoms. The van der Waals surface area contributed by atoms with Crippen LogP contribution in [0.5, 0.6) is 0 Å². The number of aromatic amines is 1. The van der Waals surface area contributed by atoms with Gasteiger partial charge in [-0.2, -0.15) is 0 Å². The summed E-state index contributed by atoms with van der Waals surface area (Å²) in [5, 5.41) is 21.0. The number of carbonyl (C=O) groups is 2. The van der Waals surface area contributed by atoms with Crippen LogP contribution in [0.25, 0.3) is 10.9 Å². The Morgan fingerprint density at radius 2 is 2.05 bits per heavy atom. The smallest absolute Gasteiger partial charge is 0.332 e. The summed E-state index contributed by atoms with van der Waals surface area (Å²) in [5.41, 5.74) is 1.27. The van der Waals surface area contributed by atoms with Gasteiger partial charge in [0.2, 0.25) is 0 Å². The maximum absolute atomic E-state index is 11.8. The molecule has 6 heteroatoms. The molecule has 0 saturated heterocycles. The first kappa shape index (κ1) is 13.1. The van der Waals surface area contributed by atoms with E-state index in [1.54, 1.807) is 6.07 Å². The Morgan fingerprint density at radius 3 is 2.74 bits per heavy atom. The standard InChI is InChI=1S/C13H14N2O4/c16-11(13(18)19)5-6-14-12(17)10-7-8-3-1-2-4-9(8)15-10/h1-4,7,11,15-16H,5-6H2,(H,14,17)(H,18,19)/t11-/m0/s1. The SMILES string of the molecule is O=C(NCC[C@H](O)C(=O)O)c1cc2ccccc2[nH]1. The molecule has 0 unspecified atom stereocenters. The zero-order valence-corrected chi connectivity index (χ0v) is 10.1. The minimum atomic E-state index is -1.46. The Hall–Kier alpha value is -2.34. The fourth-order valence-electron chi connectivity index (χ4n) is 1.74. The molecule has 0 bridgehead atoms. The van der Waals surface area contributed by atoms with Crippen molar-refractivity contribution in [3.05, 3.63) is 36.0 Å². The first-order chi connectivity index (χ1) is 9.08. The Balaban J connectivity index is 1.94. The van der Waals surface area contributed by atoms with Gasteiger partial charge in [0.05, 0.1) is 0 Å². The van der Waals surface area contributed by atoms with Gasteiger partial charge in [-0.05, 0) is 12.1 Å². The number of nitrogens with one attached hydrogen (secondary N) is 2. The quantitative estimate of drug-likeness (QED) is 0.638. The highest BCUT2D eigenvalue weighted by Gasteiger charge is 2.14. The minimum Gasteiger partial charge on any atom is -0.479 e. The van der Waals surface area contributed by atoms with Gasteiger partial charge in [0, 0.05) is 23.9 Å². The number of carboxylic acid groups (broad SMARTS) is 1. The van der Waals surface area contributed by atoms with Crippen LogP contribution in [0.2, 0.25) is 0 Å². The normalized spacial score (nSPS) is 12.3. The molecular weight excluding hydrogens is 248 g/mol. The topological polar surface area (TPSA) is 102 Å². The van der Waals surface area contributed by atoms with E-state index in [0.29, 0.717) is 5.69 Å². The molecule has 1 aromatic carbocycles. The lowest BCUT2D eigenvalue weighted by Gasteiger charge is -2.06. The fraction of sp³-hybridized carbons (Fsp3) is 0.231. The van der Waals surface area contributed by atoms with Crippen molar-refractivity contribution in [2.24, 2.45) is 0 Å². The minimum absolute atomic E-state index is 0.0265. The number of para-hydroxylation sites is 1. The zero-order chi connectivity index (χ0) is 13.8. The van der Waals surface area contributed by atoms with Crippen LogP contribution >= 0.6 is 0 Å². The molecule has 0 aliphatic carbocycles. The van der Waals surface area contributed by atoms with E-state index in [-0.39, 0.29) is 18.9 Å². The number of hydrogen-bond acceptors (Lipinski definition) is 3. The lowest BCUT2D eigenvalue weighted by Crippen LogP contribution is -2.30. The summed E-state index contributed by atoms with van der Waals surface area (Å²) in [6.07, 6.45) is -1.48. The molecule has 0 aliphatic rings. The molecule has 4 N–H and O–H groups in total. The van der Waals surface area contributed by atoms with E-state index < -0.39 is 12.1 Å². The molecule has 2 rings (SSSR count). The van der Waals surface area contributed by atoms with E-state index in [9.17, 15) is 9.59 Å². The summed E-state index contributed by atoms with van der Waals surface area (Å²) >= 11 is 0. The van der Waals surface area contributed by atoms with E-state index in [2.05, 4.69) is 10.3 Å². The lowest BCUT2D eigenvalue weighted by molar-refractivity contribution is -0.146. The molecule has 0 fully saturated rings. The highest BCUT2D eigenvalue weighted by atomic mass is 16.4. The summed E-state index contributed by atoms with van der Waals surface area (Å²) < 4.78 is 0. The number of benzene rings is 1. The van der Waals surface area contributed by atoms with Crippen molar-refractivity contribution < 1.29 is 19.8 Å². The molecule has 0 radical (unpaired) electrons. The third-order valence-corrected chi connectivity index (χ3v) is 2.76. The van der Waals surface area contributed by atoms with Crippen LogP contribution in [0.3, 0.4) is 0 Å². The number of H-pyrrole nitrogens is 1. The molecule has 0 saturated carbocycles. The predicted octanol–water partition coefficient (Wildman–Crippen LogP) is 0.733. The number of carboxylic acids is 1. The van der Waals surface area contributed by atoms with E-state index in [0.717, 1.165) is 10.9 Å². The van der Waals surface area contributed by atoms with Crippen LogP contribution in [0.15, 0.2) is 30.3 Å². The van der Waals surface area contributed by atoms with Gasteiger partial charge in [-0.25, -0.2) is 4.79 Å². The second kappa shape index (κ2) is 5.53. The third-order valence-electron chi connectivity index (χ3n) is 2.76. The number of hydrogen-bond donors (Lipinski definition) is 4. The van der Waals surface area contributed by atoms with Crippen molar-refractivity contribution in [1.82, 2.24) is 10.3 Å². The number of aliphatic hydroxyl groups is 1. The number of carbonyl (C=O) groups excluding carboxylic acids is 1. The van der Waals surface area contributed by atoms with Crippen LogP contribution in [-0.4, -0.2) is 39.7 Å². The number of fused-ring (bicyclic) bond motifs is 1. The maximum atomic E-state index is 11.8. The summed E-state index contributed by atoms with van der Waals surface area (Å²) in [6.45, 7) is 0.0989. The Kier molecular flexibility index (Phi) is 3.82. The number of amides is 1. The first-order valence-corrected chi connectivity index (χ1v) is 5.85. The van der Waals surface area contributed by atoms with Gasteiger partial charge in [0.25, 0.3) is 5.91 Å². The van der Waals surface area contributed by atoms with Crippen LogP contribution in [0.4, 0.5) is 0 Å². The van der Waals surface area contributed by atoms with Crippen LogP contribution in [-0.2, 0) is 4.79 Å². The van der Waals surface area contributed by atoms with Gasteiger partial charge in [-0.3, -0.25) is 4.79 Å². The Bertz CT molecular complexity index is 572. The van der Waals surface area contributed by atoms with Gasteiger partial charge in [-0.1, -0.05) is 18.2 Å². The van der Waals surface area contributed by atoms with Crippen LogP contribution < -0.4 is 5.32 Å². The summed E-state index contributed by atoms with van der Waals surface area (Å²) in [6, 6.07) is 9.21. The van der Waals surface area contributed by atoms with Crippen molar-refractivity contribution in [1.29, 1.82) is 0 Å². The molecule has 1 aromatic heterocycles. The molecule has 1 amide bonds. The molecule has 2 aromatic rings. The van der Waals surface area contributed by atoms with Crippen molar-refractivity contribution in [2.45, 2.75) is 12.5 Å². The second-order valence-electron chi connectivity index (χ2n) is 4.17. The van der Waals surface area contributed by atoms with E-state index >= 15 is 0 Å². The van der Waals surface area contributed by atoms with E-state index in [1.165, 1.54) is 0 Å². The third kappa shape index (κ3) is 3.11. The number of aliphatic hydroxyl groups excluding tert-OH is 1. The molecule has 0 aliphatic heterocycles. The van der Waals surface area contributed by atoms with Crippen molar-refractivity contribution >= 4 is 22.8 Å². The van der Waals surface area contributed by atoms with E-state index in [4.69, 9.17) is 10.2 Å². The lowest BCUT2D eigenvalue weighted by atomic mass is 10.2. The molecule has 0 spiro atoms. The van der Waals surface area contributed by atoms with Crippen LogP contribution in [0, 0.1) is 0 Å². The average Bonchev–Trinajstić information content (AvgIpc) is 2.82. The molecule has 1 atom stereocenters. The number of aliphatic carboxylic acids is 1. The first-order valence-electron chi connectivity index (χ1n) is 5.85. The Morgan fingerprint density at radius 1 is 1.32 bits per heavy atom. The largest absolute Gasteiger partial charge is 0.479 e. The molecular formula is C13H14N2O4.